The third kappa shape index (κ3) is 3.33. The van der Waals surface area contributed by atoms with Crippen molar-refractivity contribution in [2.75, 3.05) is 38.6 Å². The Kier molecular flexibility index (Phi) is 3.87. The van der Waals surface area contributed by atoms with E-state index in [1.54, 1.807) is 0 Å². The first-order valence-electron chi connectivity index (χ1n) is 4.55. The Bertz CT molecular complexity index is 132. The van der Waals surface area contributed by atoms with Crippen LogP contribution in [0.1, 0.15) is 13.8 Å². The fourth-order valence-electron chi connectivity index (χ4n) is 1.41. The van der Waals surface area contributed by atoms with E-state index >= 15 is 0 Å². The van der Waals surface area contributed by atoms with Crippen molar-refractivity contribution in [1.82, 2.24) is 4.90 Å². The highest BCUT2D eigenvalue weighted by Gasteiger charge is 2.21. The van der Waals surface area contributed by atoms with Gasteiger partial charge in [0, 0.05) is 19.6 Å². The van der Waals surface area contributed by atoms with Gasteiger partial charge in [-0.1, -0.05) is 13.8 Å². The van der Waals surface area contributed by atoms with Gasteiger partial charge >= 0.3 is 0 Å². The number of hydrogen-bond acceptors (Lipinski definition) is 3. The Morgan fingerprint density at radius 3 is 2.42 bits per heavy atom. The third-order valence-electron chi connectivity index (χ3n) is 2.18. The predicted octanol–water partition coefficient (Wildman–Crippen LogP) is 1.27. The minimum Gasteiger partial charge on any atom is -0.379 e. The molecule has 0 aromatic carbocycles. The molecular weight excluding hydrogens is 170 g/mol. The van der Waals surface area contributed by atoms with Gasteiger partial charge in [-0.25, -0.2) is 0 Å². The average molecular weight is 189 g/mol. The van der Waals surface area contributed by atoms with E-state index in [-0.39, 0.29) is 0 Å². The zero-order valence-electron chi connectivity index (χ0n) is 8.05. The van der Waals surface area contributed by atoms with Crippen LogP contribution in [0.15, 0.2) is 0 Å². The summed E-state index contributed by atoms with van der Waals surface area (Å²) >= 11 is 4.34. The Hall–Kier alpha value is 0.270. The molecule has 0 radical (unpaired) electrons. The van der Waals surface area contributed by atoms with Crippen LogP contribution in [0.5, 0.6) is 0 Å². The molecule has 0 aromatic heterocycles. The van der Waals surface area contributed by atoms with Gasteiger partial charge in [-0.05, 0) is 11.2 Å². The Morgan fingerprint density at radius 1 is 1.33 bits per heavy atom. The fraction of sp³-hybridized carbons (Fsp3) is 1.00. The summed E-state index contributed by atoms with van der Waals surface area (Å²) in [4.78, 5) is 2.46. The number of hydrogen-bond donors (Lipinski definition) is 1. The van der Waals surface area contributed by atoms with Gasteiger partial charge in [0.2, 0.25) is 0 Å². The molecule has 1 aliphatic rings. The van der Waals surface area contributed by atoms with Crippen molar-refractivity contribution in [3.8, 4) is 0 Å². The minimum atomic E-state index is 0.334. The maximum atomic E-state index is 5.29. The van der Waals surface area contributed by atoms with E-state index in [0.717, 1.165) is 38.6 Å². The first kappa shape index (κ1) is 10.4. The summed E-state index contributed by atoms with van der Waals surface area (Å²) in [6.45, 7) is 9.60. The molecule has 0 atom stereocenters. The van der Waals surface area contributed by atoms with Crippen LogP contribution in [-0.4, -0.2) is 43.5 Å². The summed E-state index contributed by atoms with van der Waals surface area (Å²) in [5.41, 5.74) is 0.334. The topological polar surface area (TPSA) is 12.5 Å². The number of nitrogens with zero attached hydrogens (tertiary/aromatic N) is 1. The van der Waals surface area contributed by atoms with E-state index < -0.39 is 0 Å². The highest BCUT2D eigenvalue weighted by Crippen LogP contribution is 2.18. The van der Waals surface area contributed by atoms with Crippen molar-refractivity contribution in [2.24, 2.45) is 5.41 Å². The second kappa shape index (κ2) is 4.49. The molecule has 0 saturated carbocycles. The zero-order valence-corrected chi connectivity index (χ0v) is 8.94. The second-order valence-electron chi connectivity index (χ2n) is 4.21. The summed E-state index contributed by atoms with van der Waals surface area (Å²) in [6, 6.07) is 0. The lowest BCUT2D eigenvalue weighted by molar-refractivity contribution is 0.0243. The second-order valence-corrected chi connectivity index (χ2v) is 4.53. The van der Waals surface area contributed by atoms with Gasteiger partial charge in [-0.3, -0.25) is 4.90 Å². The zero-order chi connectivity index (χ0) is 9.03. The Labute approximate surface area is 80.7 Å². The summed E-state index contributed by atoms with van der Waals surface area (Å²) < 4.78 is 5.29. The predicted molar refractivity (Wildman–Crippen MR) is 54.9 cm³/mol. The van der Waals surface area contributed by atoms with E-state index in [1.807, 2.05) is 0 Å². The van der Waals surface area contributed by atoms with Crippen LogP contribution in [0, 0.1) is 5.41 Å². The summed E-state index contributed by atoms with van der Waals surface area (Å²) in [5.74, 6) is 0.949. The van der Waals surface area contributed by atoms with Crippen molar-refractivity contribution in [1.29, 1.82) is 0 Å². The molecule has 1 rings (SSSR count). The average Bonchev–Trinajstić information content (AvgIpc) is 2.06. The van der Waals surface area contributed by atoms with Crippen LogP contribution in [0.3, 0.4) is 0 Å². The van der Waals surface area contributed by atoms with Crippen molar-refractivity contribution in [3.05, 3.63) is 0 Å². The highest BCUT2D eigenvalue weighted by atomic mass is 32.1. The number of thiol groups is 1. The molecular formula is C9H19NOS. The lowest BCUT2D eigenvalue weighted by atomic mass is 9.95. The minimum absolute atomic E-state index is 0.334. The molecule has 2 nitrogen and oxygen atoms in total. The molecule has 1 fully saturated rings. The van der Waals surface area contributed by atoms with Gasteiger partial charge < -0.3 is 4.74 Å². The fourth-order valence-corrected chi connectivity index (χ4v) is 1.51. The molecule has 0 unspecified atom stereocenters. The van der Waals surface area contributed by atoms with Crippen LogP contribution in [0.25, 0.3) is 0 Å². The van der Waals surface area contributed by atoms with Crippen LogP contribution < -0.4 is 0 Å². The van der Waals surface area contributed by atoms with E-state index in [4.69, 9.17) is 4.74 Å². The molecule has 12 heavy (non-hydrogen) atoms. The van der Waals surface area contributed by atoms with Crippen LogP contribution in [0.4, 0.5) is 0 Å². The van der Waals surface area contributed by atoms with Gasteiger partial charge in [-0.2, -0.15) is 12.6 Å². The SMILES string of the molecule is CC(C)(CS)CN1CCOCC1. The van der Waals surface area contributed by atoms with Gasteiger partial charge in [-0.15, -0.1) is 0 Å². The quantitative estimate of drug-likeness (QED) is 0.671. The molecule has 0 N–H and O–H groups in total. The molecule has 3 heteroatoms. The maximum absolute atomic E-state index is 5.29. The van der Waals surface area contributed by atoms with Crippen LogP contribution >= 0.6 is 12.6 Å². The molecule has 0 spiro atoms. The Balaban J connectivity index is 2.28. The molecule has 0 aliphatic carbocycles. The number of ether oxygens (including phenoxy) is 1. The molecule has 1 saturated heterocycles. The third-order valence-corrected chi connectivity index (χ3v) is 3.04. The molecule has 1 heterocycles. The normalized spacial score (nSPS) is 21.2. The lowest BCUT2D eigenvalue weighted by Gasteiger charge is -2.33. The van der Waals surface area contributed by atoms with Crippen LogP contribution in [-0.2, 0) is 4.74 Å². The maximum Gasteiger partial charge on any atom is 0.0594 e. The molecule has 0 amide bonds. The first-order chi connectivity index (χ1) is 5.64. The highest BCUT2D eigenvalue weighted by molar-refractivity contribution is 7.80. The largest absolute Gasteiger partial charge is 0.379 e. The van der Waals surface area contributed by atoms with Crippen molar-refractivity contribution in [2.45, 2.75) is 13.8 Å². The molecule has 0 aromatic rings. The summed E-state index contributed by atoms with van der Waals surface area (Å²) in [6.07, 6.45) is 0. The van der Waals surface area contributed by atoms with Crippen molar-refractivity contribution >= 4 is 12.6 Å². The van der Waals surface area contributed by atoms with Crippen LogP contribution in [0.2, 0.25) is 0 Å². The standard InChI is InChI=1S/C9H19NOS/c1-9(2,8-12)7-10-3-5-11-6-4-10/h12H,3-8H2,1-2H3. The number of rotatable bonds is 3. The van der Waals surface area contributed by atoms with Crippen molar-refractivity contribution < 1.29 is 4.74 Å². The van der Waals surface area contributed by atoms with E-state index in [1.165, 1.54) is 0 Å². The lowest BCUT2D eigenvalue weighted by Crippen LogP contribution is -2.42. The van der Waals surface area contributed by atoms with Gasteiger partial charge in [0.05, 0.1) is 13.2 Å². The molecule has 0 bridgehead atoms. The van der Waals surface area contributed by atoms with E-state index in [2.05, 4.69) is 31.4 Å². The van der Waals surface area contributed by atoms with E-state index in [0.29, 0.717) is 5.41 Å². The van der Waals surface area contributed by atoms with Gasteiger partial charge in [0.1, 0.15) is 0 Å². The first-order valence-corrected chi connectivity index (χ1v) is 5.18. The molecule has 72 valence electrons. The number of morpholine rings is 1. The summed E-state index contributed by atoms with van der Waals surface area (Å²) in [5, 5.41) is 0. The Morgan fingerprint density at radius 2 is 1.92 bits per heavy atom. The smallest absolute Gasteiger partial charge is 0.0594 e. The molecule has 1 aliphatic heterocycles. The van der Waals surface area contributed by atoms with Crippen molar-refractivity contribution in [3.63, 3.8) is 0 Å². The monoisotopic (exact) mass is 189 g/mol. The van der Waals surface area contributed by atoms with E-state index in [9.17, 15) is 0 Å². The van der Waals surface area contributed by atoms with Gasteiger partial charge in [0.25, 0.3) is 0 Å². The van der Waals surface area contributed by atoms with Gasteiger partial charge in [0.15, 0.2) is 0 Å². The summed E-state index contributed by atoms with van der Waals surface area (Å²) in [7, 11) is 0.